The molecule has 0 saturated heterocycles. The molecule has 1 aromatic rings. The highest BCUT2D eigenvalue weighted by atomic mass is 16.6. The van der Waals surface area contributed by atoms with Crippen LogP contribution in [0.5, 0.6) is 0 Å². The average Bonchev–Trinajstić information content (AvgIpc) is 2.72. The monoisotopic (exact) mass is 402 g/mol. The highest BCUT2D eigenvalue weighted by Gasteiger charge is 2.38. The highest BCUT2D eigenvalue weighted by molar-refractivity contribution is 6.25. The second-order valence-corrected chi connectivity index (χ2v) is 5.69. The van der Waals surface area contributed by atoms with Crippen LogP contribution in [0.15, 0.2) is 34.8 Å². The summed E-state index contributed by atoms with van der Waals surface area (Å²) >= 11 is 0. The van der Waals surface area contributed by atoms with Gasteiger partial charge >= 0.3 is 12.1 Å². The van der Waals surface area contributed by atoms with Gasteiger partial charge in [-0.1, -0.05) is 0 Å². The van der Waals surface area contributed by atoms with Gasteiger partial charge in [0.2, 0.25) is 6.35 Å². The number of aliphatic imine (C=N–C) groups is 1. The molecule has 29 heavy (non-hydrogen) atoms. The van der Waals surface area contributed by atoms with Gasteiger partial charge in [-0.05, 0) is 24.6 Å². The van der Waals surface area contributed by atoms with Crippen molar-refractivity contribution >= 4 is 29.2 Å². The molecule has 0 N–H and O–H groups in total. The van der Waals surface area contributed by atoms with Crippen LogP contribution in [0.25, 0.3) is 5.70 Å². The van der Waals surface area contributed by atoms with Gasteiger partial charge in [0.25, 0.3) is 5.69 Å². The minimum absolute atomic E-state index is 0.0104. The van der Waals surface area contributed by atoms with Crippen LogP contribution in [-0.2, 0) is 19.0 Å². The summed E-state index contributed by atoms with van der Waals surface area (Å²) in [5.74, 6) is -0.807. The summed E-state index contributed by atoms with van der Waals surface area (Å²) in [6.45, 7) is 1.39. The first kappa shape index (κ1) is 21.5. The number of esters is 1. The molecule has 0 spiro atoms. The molecule has 11 heteroatoms. The SMILES string of the molecule is COC(=O)N1C(c2ccc([N+](=O)[O-])cc2)=C(C(=O)OCCC#N)C(C)=NC1OC. The van der Waals surface area contributed by atoms with E-state index in [4.69, 9.17) is 19.5 Å². The molecule has 0 fully saturated rings. The molecule has 11 nitrogen and oxygen atoms in total. The van der Waals surface area contributed by atoms with Crippen LogP contribution in [0, 0.1) is 21.4 Å². The lowest BCUT2D eigenvalue weighted by Crippen LogP contribution is -2.44. The summed E-state index contributed by atoms with van der Waals surface area (Å²) in [5.41, 5.74) is 0.391. The number of carbonyl (C=O) groups excluding carboxylic acids is 2. The Morgan fingerprint density at radius 2 is 1.97 bits per heavy atom. The van der Waals surface area contributed by atoms with Gasteiger partial charge < -0.3 is 14.2 Å². The van der Waals surface area contributed by atoms with Crippen molar-refractivity contribution in [2.45, 2.75) is 19.7 Å². The topological polar surface area (TPSA) is 144 Å². The lowest BCUT2D eigenvalue weighted by atomic mass is 10.00. The Kier molecular flexibility index (Phi) is 6.99. The number of amides is 1. The predicted octanol–water partition coefficient (Wildman–Crippen LogP) is 2.24. The fraction of sp³-hybridized carbons (Fsp3) is 0.333. The van der Waals surface area contributed by atoms with E-state index in [0.717, 1.165) is 12.0 Å². The fourth-order valence-electron chi connectivity index (χ4n) is 2.66. The maximum atomic E-state index is 12.7. The van der Waals surface area contributed by atoms with E-state index in [2.05, 4.69) is 4.99 Å². The zero-order valence-corrected chi connectivity index (χ0v) is 15.9. The van der Waals surface area contributed by atoms with E-state index >= 15 is 0 Å². The summed E-state index contributed by atoms with van der Waals surface area (Å²) in [7, 11) is 2.47. The number of nitriles is 1. The van der Waals surface area contributed by atoms with Crippen molar-refractivity contribution in [3.63, 3.8) is 0 Å². The Morgan fingerprint density at radius 3 is 2.48 bits per heavy atom. The molecular weight excluding hydrogens is 384 g/mol. The smallest absolute Gasteiger partial charge is 0.417 e. The van der Waals surface area contributed by atoms with E-state index in [1.165, 1.54) is 38.3 Å². The summed E-state index contributed by atoms with van der Waals surface area (Å²) in [5, 5.41) is 19.6. The Hall–Kier alpha value is -3.78. The second kappa shape index (κ2) is 9.43. The van der Waals surface area contributed by atoms with Gasteiger partial charge in [-0.15, -0.1) is 0 Å². The van der Waals surface area contributed by atoms with Gasteiger partial charge in [0.05, 0.1) is 35.9 Å². The molecular formula is C18H18N4O7. The number of carbonyl (C=O) groups is 2. The Labute approximate surface area is 165 Å². The number of rotatable bonds is 6. The van der Waals surface area contributed by atoms with Crippen LogP contribution in [0.4, 0.5) is 10.5 Å². The lowest BCUT2D eigenvalue weighted by molar-refractivity contribution is -0.384. The summed E-state index contributed by atoms with van der Waals surface area (Å²) < 4.78 is 15.1. The number of methoxy groups -OCH3 is 2. The molecule has 1 aliphatic heterocycles. The maximum Gasteiger partial charge on any atom is 0.417 e. The quantitative estimate of drug-likeness (QED) is 0.305. The van der Waals surface area contributed by atoms with Gasteiger partial charge in [-0.2, -0.15) is 5.26 Å². The normalized spacial score (nSPS) is 16.0. The van der Waals surface area contributed by atoms with Crippen molar-refractivity contribution in [1.82, 2.24) is 4.90 Å². The van der Waals surface area contributed by atoms with Crippen LogP contribution in [0.1, 0.15) is 18.9 Å². The van der Waals surface area contributed by atoms with Crippen LogP contribution in [-0.4, -0.2) is 54.8 Å². The Balaban J connectivity index is 2.67. The van der Waals surface area contributed by atoms with Gasteiger partial charge in [0.1, 0.15) is 12.2 Å². The number of hydrogen-bond acceptors (Lipinski definition) is 9. The zero-order valence-electron chi connectivity index (χ0n) is 15.9. The molecule has 1 heterocycles. The van der Waals surface area contributed by atoms with Crippen LogP contribution in [0.2, 0.25) is 0 Å². The molecule has 1 aromatic carbocycles. The van der Waals surface area contributed by atoms with E-state index in [-0.39, 0.29) is 35.7 Å². The van der Waals surface area contributed by atoms with Gasteiger partial charge in [0, 0.05) is 19.2 Å². The lowest BCUT2D eigenvalue weighted by Gasteiger charge is -2.34. The molecule has 0 aromatic heterocycles. The van der Waals surface area contributed by atoms with Crippen LogP contribution >= 0.6 is 0 Å². The Morgan fingerprint density at radius 1 is 1.31 bits per heavy atom. The predicted molar refractivity (Wildman–Crippen MR) is 99.4 cm³/mol. The number of nitrogens with zero attached hydrogens (tertiary/aromatic N) is 4. The third kappa shape index (κ3) is 4.56. The molecule has 1 unspecified atom stereocenters. The average molecular weight is 402 g/mol. The molecule has 1 amide bonds. The third-order valence-corrected chi connectivity index (χ3v) is 3.95. The first-order valence-electron chi connectivity index (χ1n) is 8.33. The van der Waals surface area contributed by atoms with Gasteiger partial charge in [-0.3, -0.25) is 10.1 Å². The van der Waals surface area contributed by atoms with Crippen molar-refractivity contribution in [3.05, 3.63) is 45.5 Å². The number of nitro groups is 1. The fourth-order valence-corrected chi connectivity index (χ4v) is 2.66. The third-order valence-electron chi connectivity index (χ3n) is 3.95. The molecule has 0 saturated carbocycles. The summed E-state index contributed by atoms with van der Waals surface area (Å²) in [4.78, 5) is 40.7. The van der Waals surface area contributed by atoms with Crippen molar-refractivity contribution < 1.29 is 28.7 Å². The van der Waals surface area contributed by atoms with E-state index in [1.807, 2.05) is 6.07 Å². The molecule has 1 atom stereocenters. The standard InChI is InChI=1S/C18H18N4O7/c1-11-14(16(23)29-10-4-9-19)15(12-5-7-13(8-6-12)22(25)26)21(18(24)28-3)17(20-11)27-2/h5-8,17H,4,10H2,1-3H3. The van der Waals surface area contributed by atoms with Crippen molar-refractivity contribution in [3.8, 4) is 6.07 Å². The van der Waals surface area contributed by atoms with E-state index in [0.29, 0.717) is 5.56 Å². The first-order valence-corrected chi connectivity index (χ1v) is 8.33. The van der Waals surface area contributed by atoms with Crippen LogP contribution in [0.3, 0.4) is 0 Å². The minimum Gasteiger partial charge on any atom is -0.461 e. The number of ether oxygens (including phenoxy) is 3. The maximum absolute atomic E-state index is 12.7. The van der Waals surface area contributed by atoms with Crippen molar-refractivity contribution in [2.75, 3.05) is 20.8 Å². The molecule has 0 aliphatic carbocycles. The largest absolute Gasteiger partial charge is 0.461 e. The van der Waals surface area contributed by atoms with E-state index in [1.54, 1.807) is 0 Å². The van der Waals surface area contributed by atoms with Gasteiger partial charge in [-0.25, -0.2) is 19.5 Å². The number of hydrogen-bond donors (Lipinski definition) is 0. The number of nitro benzene ring substituents is 1. The minimum atomic E-state index is -1.12. The van der Waals surface area contributed by atoms with E-state index in [9.17, 15) is 19.7 Å². The van der Waals surface area contributed by atoms with Crippen molar-refractivity contribution in [1.29, 1.82) is 5.26 Å². The molecule has 1 aliphatic rings. The molecule has 0 radical (unpaired) electrons. The van der Waals surface area contributed by atoms with Crippen molar-refractivity contribution in [2.24, 2.45) is 4.99 Å². The molecule has 2 rings (SSSR count). The first-order chi connectivity index (χ1) is 13.8. The van der Waals surface area contributed by atoms with Gasteiger partial charge in [0.15, 0.2) is 0 Å². The number of benzene rings is 1. The van der Waals surface area contributed by atoms with E-state index < -0.39 is 23.3 Å². The molecule has 152 valence electrons. The zero-order chi connectivity index (χ0) is 21.6. The highest BCUT2D eigenvalue weighted by Crippen LogP contribution is 2.33. The summed E-state index contributed by atoms with van der Waals surface area (Å²) in [6, 6.07) is 7.10. The molecule has 0 bridgehead atoms. The Bertz CT molecular complexity index is 915. The van der Waals surface area contributed by atoms with Crippen LogP contribution < -0.4 is 0 Å². The summed E-state index contributed by atoms with van der Waals surface area (Å²) in [6.07, 6.45) is -1.99. The number of non-ortho nitro benzene ring substituents is 1. The second-order valence-electron chi connectivity index (χ2n) is 5.69.